The van der Waals surface area contributed by atoms with Crippen molar-refractivity contribution in [1.82, 2.24) is 24.6 Å². The third kappa shape index (κ3) is 3.77. The summed E-state index contributed by atoms with van der Waals surface area (Å²) in [6.45, 7) is 4.92. The number of rotatable bonds is 5. The molecule has 2 aromatic heterocycles. The molecule has 2 aliphatic rings. The van der Waals surface area contributed by atoms with E-state index in [0.29, 0.717) is 12.1 Å². The lowest BCUT2D eigenvalue weighted by atomic mass is 10.0. The summed E-state index contributed by atoms with van der Waals surface area (Å²) >= 11 is 0. The molecule has 7 nitrogen and oxygen atoms in total. The lowest BCUT2D eigenvalue weighted by molar-refractivity contribution is 0.197. The second-order valence-electron chi connectivity index (χ2n) is 7.45. The number of hydrogen-bond acceptors (Lipinski definition) is 6. The number of hydrogen-bond donors (Lipinski definition) is 0. The molecule has 138 valence electrons. The van der Waals surface area contributed by atoms with Gasteiger partial charge in [0.15, 0.2) is 0 Å². The van der Waals surface area contributed by atoms with Crippen molar-refractivity contribution in [3.63, 3.8) is 0 Å². The maximum atomic E-state index is 11.5. The van der Waals surface area contributed by atoms with Crippen LogP contribution in [0.2, 0.25) is 0 Å². The molecule has 1 aliphatic carbocycles. The summed E-state index contributed by atoms with van der Waals surface area (Å²) in [6, 6.07) is 6.74. The van der Waals surface area contributed by atoms with Gasteiger partial charge in [0, 0.05) is 56.6 Å². The van der Waals surface area contributed by atoms with Gasteiger partial charge in [-0.3, -0.25) is 9.69 Å². The van der Waals surface area contributed by atoms with Gasteiger partial charge in [-0.1, -0.05) is 0 Å². The molecule has 0 unspecified atom stereocenters. The number of aryl methyl sites for hydroxylation is 2. The average Bonchev–Trinajstić information content (AvgIpc) is 3.45. The Hall–Kier alpha value is -2.28. The van der Waals surface area contributed by atoms with Crippen molar-refractivity contribution >= 4 is 5.82 Å². The van der Waals surface area contributed by atoms with E-state index < -0.39 is 0 Å². The standard InChI is InChI=1S/C19H26N6O/c1-14-11-18(21-13-20-14)25(16-4-5-16)17-7-9-24(10-8-17)12-15-3-6-19(26)23(2)22-15/h3,6,11,13,16-17H,4-5,7-10,12H2,1-2H3. The second-order valence-corrected chi connectivity index (χ2v) is 7.45. The van der Waals surface area contributed by atoms with Gasteiger partial charge in [0.05, 0.1) is 5.69 Å². The quantitative estimate of drug-likeness (QED) is 0.811. The molecule has 26 heavy (non-hydrogen) atoms. The first-order chi connectivity index (χ1) is 12.6. The molecular formula is C19H26N6O. The van der Waals surface area contributed by atoms with Gasteiger partial charge in [0.25, 0.3) is 5.56 Å². The predicted octanol–water partition coefficient (Wildman–Crippen LogP) is 1.51. The Labute approximate surface area is 153 Å². The highest BCUT2D eigenvalue weighted by Crippen LogP contribution is 2.35. The maximum Gasteiger partial charge on any atom is 0.266 e. The normalized spacial score (nSPS) is 18.8. The Morgan fingerprint density at radius 2 is 1.85 bits per heavy atom. The molecule has 0 atom stereocenters. The van der Waals surface area contributed by atoms with E-state index in [1.807, 2.05) is 13.0 Å². The van der Waals surface area contributed by atoms with Crippen LogP contribution < -0.4 is 10.5 Å². The second kappa shape index (κ2) is 7.15. The van der Waals surface area contributed by atoms with E-state index in [2.05, 4.69) is 30.9 Å². The summed E-state index contributed by atoms with van der Waals surface area (Å²) in [4.78, 5) is 25.2. The fraction of sp³-hybridized carbons (Fsp3) is 0.579. The van der Waals surface area contributed by atoms with Crippen LogP contribution >= 0.6 is 0 Å². The number of aromatic nitrogens is 4. The van der Waals surface area contributed by atoms with Crippen molar-refractivity contribution in [3.8, 4) is 0 Å². The third-order valence-corrected chi connectivity index (χ3v) is 5.35. The zero-order chi connectivity index (χ0) is 18.1. The van der Waals surface area contributed by atoms with Gasteiger partial charge in [-0.15, -0.1) is 0 Å². The minimum atomic E-state index is -0.0623. The van der Waals surface area contributed by atoms with Crippen LogP contribution in [0, 0.1) is 6.92 Å². The first-order valence-electron chi connectivity index (χ1n) is 9.43. The molecule has 1 saturated heterocycles. The van der Waals surface area contributed by atoms with Gasteiger partial charge in [0.1, 0.15) is 12.1 Å². The van der Waals surface area contributed by atoms with Crippen molar-refractivity contribution in [1.29, 1.82) is 0 Å². The van der Waals surface area contributed by atoms with Crippen LogP contribution in [-0.4, -0.2) is 49.8 Å². The van der Waals surface area contributed by atoms with Gasteiger partial charge in [0.2, 0.25) is 0 Å². The van der Waals surface area contributed by atoms with E-state index in [1.165, 1.54) is 17.5 Å². The van der Waals surface area contributed by atoms with E-state index in [0.717, 1.165) is 49.7 Å². The van der Waals surface area contributed by atoms with E-state index in [9.17, 15) is 4.79 Å². The molecule has 1 saturated carbocycles. The smallest absolute Gasteiger partial charge is 0.266 e. The van der Waals surface area contributed by atoms with Gasteiger partial charge in [-0.2, -0.15) is 5.10 Å². The fourth-order valence-corrected chi connectivity index (χ4v) is 3.83. The van der Waals surface area contributed by atoms with Crippen LogP contribution in [0.15, 0.2) is 29.3 Å². The highest BCUT2D eigenvalue weighted by Gasteiger charge is 2.36. The molecule has 4 rings (SSSR count). The van der Waals surface area contributed by atoms with E-state index >= 15 is 0 Å². The average molecular weight is 354 g/mol. The summed E-state index contributed by atoms with van der Waals surface area (Å²) in [6.07, 6.45) is 6.48. The van der Waals surface area contributed by atoms with Gasteiger partial charge in [-0.05, 0) is 38.7 Å². The summed E-state index contributed by atoms with van der Waals surface area (Å²) in [5.41, 5.74) is 1.92. The van der Waals surface area contributed by atoms with Crippen molar-refractivity contribution in [2.45, 2.75) is 51.2 Å². The zero-order valence-corrected chi connectivity index (χ0v) is 15.5. The molecule has 0 spiro atoms. The monoisotopic (exact) mass is 354 g/mol. The summed E-state index contributed by atoms with van der Waals surface area (Å²) in [7, 11) is 1.70. The highest BCUT2D eigenvalue weighted by atomic mass is 16.1. The number of nitrogens with zero attached hydrogens (tertiary/aromatic N) is 6. The first kappa shape index (κ1) is 17.1. The third-order valence-electron chi connectivity index (χ3n) is 5.35. The highest BCUT2D eigenvalue weighted by molar-refractivity contribution is 5.43. The summed E-state index contributed by atoms with van der Waals surface area (Å²) < 4.78 is 1.41. The predicted molar refractivity (Wildman–Crippen MR) is 100 cm³/mol. The Morgan fingerprint density at radius 1 is 1.12 bits per heavy atom. The van der Waals surface area contributed by atoms with Crippen molar-refractivity contribution in [2.24, 2.45) is 7.05 Å². The van der Waals surface area contributed by atoms with Crippen molar-refractivity contribution in [3.05, 3.63) is 46.3 Å². The molecule has 2 fully saturated rings. The van der Waals surface area contributed by atoms with Gasteiger partial charge >= 0.3 is 0 Å². The topological polar surface area (TPSA) is 67.2 Å². The van der Waals surface area contributed by atoms with Crippen LogP contribution in [-0.2, 0) is 13.6 Å². The largest absolute Gasteiger partial charge is 0.350 e. The molecule has 3 heterocycles. The summed E-state index contributed by atoms with van der Waals surface area (Å²) in [5.74, 6) is 1.08. The van der Waals surface area contributed by atoms with E-state index in [4.69, 9.17) is 0 Å². The van der Waals surface area contributed by atoms with Crippen LogP contribution in [0.3, 0.4) is 0 Å². The van der Waals surface area contributed by atoms with Gasteiger partial charge in [-0.25, -0.2) is 14.6 Å². The molecule has 1 aliphatic heterocycles. The number of piperidine rings is 1. The lowest BCUT2D eigenvalue weighted by Gasteiger charge is -2.39. The molecule has 0 aromatic carbocycles. The molecule has 0 bridgehead atoms. The van der Waals surface area contributed by atoms with Gasteiger partial charge < -0.3 is 4.90 Å². The molecule has 0 radical (unpaired) electrons. The SMILES string of the molecule is Cc1cc(N(C2CC2)C2CCN(Cc3ccc(=O)n(C)n3)CC2)ncn1. The summed E-state index contributed by atoms with van der Waals surface area (Å²) in [5, 5.41) is 4.35. The number of likely N-dealkylation sites (tertiary alicyclic amines) is 1. The minimum Gasteiger partial charge on any atom is -0.350 e. The van der Waals surface area contributed by atoms with E-state index in [-0.39, 0.29) is 5.56 Å². The molecule has 7 heteroatoms. The molecule has 2 aromatic rings. The fourth-order valence-electron chi connectivity index (χ4n) is 3.83. The Bertz CT molecular complexity index is 823. The van der Waals surface area contributed by atoms with Crippen molar-refractivity contribution in [2.75, 3.05) is 18.0 Å². The van der Waals surface area contributed by atoms with Crippen molar-refractivity contribution < 1.29 is 0 Å². The lowest BCUT2D eigenvalue weighted by Crippen LogP contribution is -2.46. The van der Waals surface area contributed by atoms with Crippen LogP contribution in [0.5, 0.6) is 0 Å². The Balaban J connectivity index is 1.40. The van der Waals surface area contributed by atoms with Crippen LogP contribution in [0.25, 0.3) is 0 Å². The first-order valence-corrected chi connectivity index (χ1v) is 9.43. The van der Waals surface area contributed by atoms with E-state index in [1.54, 1.807) is 19.4 Å². The molecule has 0 N–H and O–H groups in total. The zero-order valence-electron chi connectivity index (χ0n) is 15.5. The molecule has 0 amide bonds. The maximum absolute atomic E-state index is 11.5. The minimum absolute atomic E-state index is 0.0623. The Morgan fingerprint density at radius 3 is 2.50 bits per heavy atom. The van der Waals surface area contributed by atoms with Crippen LogP contribution in [0.4, 0.5) is 5.82 Å². The molecular weight excluding hydrogens is 328 g/mol. The number of anilines is 1. The van der Waals surface area contributed by atoms with Crippen LogP contribution in [0.1, 0.15) is 37.1 Å². The Kier molecular flexibility index (Phi) is 4.72.